The van der Waals surface area contributed by atoms with Crippen LogP contribution in [0.2, 0.25) is 0 Å². The Morgan fingerprint density at radius 2 is 2.29 bits per heavy atom. The lowest BCUT2D eigenvalue weighted by atomic mass is 10.0. The van der Waals surface area contributed by atoms with E-state index in [4.69, 9.17) is 4.74 Å². The maximum Gasteiger partial charge on any atom is 0.277 e. The number of nitro groups is 1. The molecular weight excluding hydrogens is 251 g/mol. The second-order valence-electron chi connectivity index (χ2n) is 3.54. The summed E-state index contributed by atoms with van der Waals surface area (Å²) >= 11 is 0. The van der Waals surface area contributed by atoms with Gasteiger partial charge in [-0.05, 0) is 12.1 Å². The number of rotatable bonds is 2. The second kappa shape index (κ2) is 5.90. The summed E-state index contributed by atoms with van der Waals surface area (Å²) in [5.41, 5.74) is 0.258. The summed E-state index contributed by atoms with van der Waals surface area (Å²) in [4.78, 5) is 10.2. The highest BCUT2D eigenvalue weighted by atomic mass is 35.5. The van der Waals surface area contributed by atoms with E-state index in [1.807, 2.05) is 0 Å². The van der Waals surface area contributed by atoms with Crippen molar-refractivity contribution >= 4 is 18.1 Å². The van der Waals surface area contributed by atoms with Crippen molar-refractivity contribution in [1.29, 1.82) is 0 Å². The molecule has 2 rings (SSSR count). The molecule has 1 heterocycles. The lowest BCUT2D eigenvalue weighted by Gasteiger charge is -2.23. The van der Waals surface area contributed by atoms with Gasteiger partial charge in [0.25, 0.3) is 5.69 Å². The molecule has 0 aliphatic carbocycles. The molecule has 5 nitrogen and oxygen atoms in total. The van der Waals surface area contributed by atoms with E-state index in [9.17, 15) is 14.5 Å². The fourth-order valence-electron chi connectivity index (χ4n) is 1.73. The minimum absolute atomic E-state index is 0. The first kappa shape index (κ1) is 13.8. The maximum atomic E-state index is 12.9. The normalized spacial score (nSPS) is 19.5. The summed E-state index contributed by atoms with van der Waals surface area (Å²) in [6.45, 7) is 1.59. The standard InChI is InChI=1S/C10H11FN2O3.ClH/c11-7-1-2-8(10(5-7)13(14)15)9-6-16-4-3-12-9;/h1-2,5,9,12H,3-4,6H2;1H/t9-;/m0./s1. The van der Waals surface area contributed by atoms with Gasteiger partial charge < -0.3 is 10.1 Å². The van der Waals surface area contributed by atoms with Crippen molar-refractivity contribution in [1.82, 2.24) is 5.32 Å². The number of nitrogens with one attached hydrogen (secondary N) is 1. The Morgan fingerprint density at radius 3 is 2.88 bits per heavy atom. The minimum Gasteiger partial charge on any atom is -0.378 e. The van der Waals surface area contributed by atoms with Gasteiger partial charge in [0.1, 0.15) is 5.82 Å². The van der Waals surface area contributed by atoms with Crippen LogP contribution in [0.3, 0.4) is 0 Å². The molecule has 0 saturated carbocycles. The number of morpholine rings is 1. The van der Waals surface area contributed by atoms with Crippen molar-refractivity contribution in [3.8, 4) is 0 Å². The van der Waals surface area contributed by atoms with Crippen molar-refractivity contribution in [2.45, 2.75) is 6.04 Å². The molecule has 1 aromatic rings. The molecule has 1 saturated heterocycles. The van der Waals surface area contributed by atoms with Gasteiger partial charge in [0, 0.05) is 12.1 Å². The van der Waals surface area contributed by atoms with E-state index >= 15 is 0 Å². The molecule has 1 aromatic carbocycles. The van der Waals surface area contributed by atoms with E-state index in [0.717, 1.165) is 6.07 Å². The van der Waals surface area contributed by atoms with Gasteiger partial charge in [-0.25, -0.2) is 4.39 Å². The number of benzene rings is 1. The van der Waals surface area contributed by atoms with Crippen LogP contribution in [0.4, 0.5) is 10.1 Å². The molecule has 1 fully saturated rings. The van der Waals surface area contributed by atoms with Crippen molar-refractivity contribution in [2.24, 2.45) is 0 Å². The van der Waals surface area contributed by atoms with Crippen molar-refractivity contribution in [3.63, 3.8) is 0 Å². The third-order valence-corrected chi connectivity index (χ3v) is 2.49. The molecule has 0 radical (unpaired) electrons. The zero-order valence-corrected chi connectivity index (χ0v) is 9.71. The topological polar surface area (TPSA) is 64.4 Å². The zero-order valence-electron chi connectivity index (χ0n) is 8.89. The van der Waals surface area contributed by atoms with Crippen LogP contribution in [0, 0.1) is 15.9 Å². The molecule has 1 aliphatic heterocycles. The fraction of sp³-hybridized carbons (Fsp3) is 0.400. The fourth-order valence-corrected chi connectivity index (χ4v) is 1.73. The third kappa shape index (κ3) is 3.12. The van der Waals surface area contributed by atoms with Crippen LogP contribution in [-0.2, 0) is 4.74 Å². The molecule has 1 aliphatic rings. The quantitative estimate of drug-likeness (QED) is 0.652. The Balaban J connectivity index is 0.00000144. The second-order valence-corrected chi connectivity index (χ2v) is 3.54. The number of nitrogens with zero attached hydrogens (tertiary/aromatic N) is 1. The monoisotopic (exact) mass is 262 g/mol. The Bertz CT molecular complexity index is 411. The highest BCUT2D eigenvalue weighted by Crippen LogP contribution is 2.27. The molecule has 94 valence electrons. The SMILES string of the molecule is Cl.O=[N+]([O-])c1cc(F)ccc1[C@@H]1COCCN1. The van der Waals surface area contributed by atoms with Crippen LogP contribution in [0.15, 0.2) is 18.2 Å². The minimum atomic E-state index is -0.604. The summed E-state index contributed by atoms with van der Waals surface area (Å²) in [5.74, 6) is -0.604. The van der Waals surface area contributed by atoms with E-state index in [1.165, 1.54) is 12.1 Å². The number of halogens is 2. The third-order valence-electron chi connectivity index (χ3n) is 2.49. The molecule has 0 aromatic heterocycles. The Kier molecular flexibility index (Phi) is 4.80. The molecule has 0 amide bonds. The van der Waals surface area contributed by atoms with Crippen LogP contribution < -0.4 is 5.32 Å². The van der Waals surface area contributed by atoms with Crippen LogP contribution in [0.25, 0.3) is 0 Å². The van der Waals surface area contributed by atoms with E-state index in [2.05, 4.69) is 5.32 Å². The molecule has 0 unspecified atom stereocenters. The van der Waals surface area contributed by atoms with Crippen LogP contribution in [-0.4, -0.2) is 24.7 Å². The zero-order chi connectivity index (χ0) is 11.5. The first-order valence-corrected chi connectivity index (χ1v) is 4.93. The van der Waals surface area contributed by atoms with Crippen LogP contribution in [0.5, 0.6) is 0 Å². The van der Waals surface area contributed by atoms with Gasteiger partial charge in [-0.15, -0.1) is 12.4 Å². The van der Waals surface area contributed by atoms with Gasteiger partial charge in [0.15, 0.2) is 0 Å². The van der Waals surface area contributed by atoms with Gasteiger partial charge in [-0.2, -0.15) is 0 Å². The van der Waals surface area contributed by atoms with Crippen molar-refractivity contribution < 1.29 is 14.1 Å². The van der Waals surface area contributed by atoms with Gasteiger partial charge in [-0.3, -0.25) is 10.1 Å². The first-order chi connectivity index (χ1) is 7.68. The van der Waals surface area contributed by atoms with E-state index < -0.39 is 10.7 Å². The summed E-state index contributed by atoms with van der Waals surface area (Å²) in [6.07, 6.45) is 0. The Hall–Kier alpha value is -1.24. The lowest BCUT2D eigenvalue weighted by molar-refractivity contribution is -0.386. The van der Waals surface area contributed by atoms with Crippen LogP contribution in [0.1, 0.15) is 11.6 Å². The highest BCUT2D eigenvalue weighted by Gasteiger charge is 2.24. The molecule has 0 bridgehead atoms. The maximum absolute atomic E-state index is 12.9. The average molecular weight is 263 g/mol. The lowest BCUT2D eigenvalue weighted by Crippen LogP contribution is -2.34. The predicted molar refractivity (Wildman–Crippen MR) is 61.9 cm³/mol. The Labute approximate surface area is 104 Å². The highest BCUT2D eigenvalue weighted by molar-refractivity contribution is 5.85. The predicted octanol–water partition coefficient (Wildman–Crippen LogP) is 1.82. The molecule has 1 atom stereocenters. The van der Waals surface area contributed by atoms with Gasteiger partial charge in [0.2, 0.25) is 0 Å². The smallest absolute Gasteiger partial charge is 0.277 e. The van der Waals surface area contributed by atoms with Gasteiger partial charge in [-0.1, -0.05) is 0 Å². The van der Waals surface area contributed by atoms with E-state index in [-0.39, 0.29) is 24.1 Å². The number of nitro benzene ring substituents is 1. The Morgan fingerprint density at radius 1 is 1.53 bits per heavy atom. The first-order valence-electron chi connectivity index (χ1n) is 4.93. The van der Waals surface area contributed by atoms with Crippen molar-refractivity contribution in [2.75, 3.05) is 19.8 Å². The summed E-state index contributed by atoms with van der Waals surface area (Å²) in [7, 11) is 0. The van der Waals surface area contributed by atoms with E-state index in [1.54, 1.807) is 0 Å². The molecule has 1 N–H and O–H groups in total. The van der Waals surface area contributed by atoms with Gasteiger partial charge >= 0.3 is 0 Å². The van der Waals surface area contributed by atoms with Crippen molar-refractivity contribution in [3.05, 3.63) is 39.7 Å². The molecule has 7 heteroatoms. The number of ether oxygens (including phenoxy) is 1. The summed E-state index contributed by atoms with van der Waals surface area (Å²) in [6, 6.07) is 3.35. The van der Waals surface area contributed by atoms with Crippen LogP contribution >= 0.6 is 12.4 Å². The molecular formula is C10H12ClFN2O3. The largest absolute Gasteiger partial charge is 0.378 e. The summed E-state index contributed by atoms with van der Waals surface area (Å²) < 4.78 is 18.1. The number of hydrogen-bond donors (Lipinski definition) is 1. The summed E-state index contributed by atoms with van der Waals surface area (Å²) in [5, 5.41) is 13.9. The van der Waals surface area contributed by atoms with E-state index in [0.29, 0.717) is 25.3 Å². The molecule has 17 heavy (non-hydrogen) atoms. The van der Waals surface area contributed by atoms with Gasteiger partial charge in [0.05, 0.1) is 30.2 Å². The average Bonchev–Trinajstić information content (AvgIpc) is 2.30. The molecule has 0 spiro atoms. The number of hydrogen-bond acceptors (Lipinski definition) is 4.